The molecule has 0 spiro atoms. The lowest BCUT2D eigenvalue weighted by Crippen LogP contribution is -2.26. The Kier molecular flexibility index (Phi) is 3.74. The summed E-state index contributed by atoms with van der Waals surface area (Å²) < 4.78 is 10.9. The summed E-state index contributed by atoms with van der Waals surface area (Å²) in [6, 6.07) is 9.65. The van der Waals surface area contributed by atoms with Gasteiger partial charge in [0.1, 0.15) is 5.75 Å². The molecular weight excluding hydrogens is 242 g/mol. The van der Waals surface area contributed by atoms with Gasteiger partial charge in [-0.3, -0.25) is 0 Å². The molecule has 5 nitrogen and oxygen atoms in total. The molecule has 1 fully saturated rings. The van der Waals surface area contributed by atoms with Gasteiger partial charge < -0.3 is 14.6 Å². The smallest absolute Gasteiger partial charge is 0.229 e. The standard InChI is InChI=1S/C14H17N3O2/c1-2-4-12(5-3-1)18-10-13-16-14(19-17-13)11-6-8-15-9-7-11/h1-5,11,15H,6-10H2. The van der Waals surface area contributed by atoms with Crippen LogP contribution in [-0.2, 0) is 6.61 Å². The molecule has 19 heavy (non-hydrogen) atoms. The summed E-state index contributed by atoms with van der Waals surface area (Å²) >= 11 is 0. The van der Waals surface area contributed by atoms with Crippen LogP contribution in [-0.4, -0.2) is 23.2 Å². The molecule has 2 heterocycles. The van der Waals surface area contributed by atoms with E-state index in [1.807, 2.05) is 30.3 Å². The minimum atomic E-state index is 0.346. The number of nitrogens with one attached hydrogen (secondary N) is 1. The predicted molar refractivity (Wildman–Crippen MR) is 69.9 cm³/mol. The topological polar surface area (TPSA) is 60.2 Å². The van der Waals surface area contributed by atoms with Crippen LogP contribution in [0, 0.1) is 0 Å². The summed E-state index contributed by atoms with van der Waals surface area (Å²) in [7, 11) is 0. The highest BCUT2D eigenvalue weighted by Crippen LogP contribution is 2.23. The third-order valence-electron chi connectivity index (χ3n) is 3.28. The Bertz CT molecular complexity index is 506. The van der Waals surface area contributed by atoms with Gasteiger partial charge in [-0.1, -0.05) is 23.4 Å². The van der Waals surface area contributed by atoms with E-state index in [-0.39, 0.29) is 0 Å². The van der Waals surface area contributed by atoms with E-state index in [0.717, 1.165) is 37.6 Å². The van der Waals surface area contributed by atoms with E-state index < -0.39 is 0 Å². The number of rotatable bonds is 4. The molecule has 0 bridgehead atoms. The van der Waals surface area contributed by atoms with Crippen LogP contribution in [0.1, 0.15) is 30.5 Å². The molecule has 2 aromatic rings. The number of para-hydroxylation sites is 1. The quantitative estimate of drug-likeness (QED) is 0.911. The fourth-order valence-corrected chi connectivity index (χ4v) is 2.23. The van der Waals surface area contributed by atoms with Gasteiger partial charge in [0.15, 0.2) is 6.61 Å². The highest BCUT2D eigenvalue weighted by atomic mass is 16.5. The molecule has 0 atom stereocenters. The summed E-state index contributed by atoms with van der Waals surface area (Å²) in [6.45, 7) is 2.38. The fourth-order valence-electron chi connectivity index (χ4n) is 2.23. The molecule has 0 amide bonds. The van der Waals surface area contributed by atoms with Crippen molar-refractivity contribution >= 4 is 0 Å². The zero-order valence-corrected chi connectivity index (χ0v) is 10.7. The van der Waals surface area contributed by atoms with Crippen molar-refractivity contribution in [3.8, 4) is 5.75 Å². The van der Waals surface area contributed by atoms with Crippen LogP contribution >= 0.6 is 0 Å². The average molecular weight is 259 g/mol. The van der Waals surface area contributed by atoms with E-state index in [0.29, 0.717) is 18.3 Å². The summed E-state index contributed by atoms with van der Waals surface area (Å²) in [4.78, 5) is 4.42. The van der Waals surface area contributed by atoms with Crippen molar-refractivity contribution < 1.29 is 9.26 Å². The van der Waals surface area contributed by atoms with E-state index in [9.17, 15) is 0 Å². The summed E-state index contributed by atoms with van der Waals surface area (Å²) in [5.41, 5.74) is 0. The van der Waals surface area contributed by atoms with Crippen molar-refractivity contribution in [1.29, 1.82) is 0 Å². The van der Waals surface area contributed by atoms with Gasteiger partial charge in [-0.05, 0) is 38.1 Å². The Morgan fingerprint density at radius 3 is 2.79 bits per heavy atom. The molecule has 3 rings (SSSR count). The molecular formula is C14H17N3O2. The van der Waals surface area contributed by atoms with Gasteiger partial charge in [0.25, 0.3) is 0 Å². The van der Waals surface area contributed by atoms with Gasteiger partial charge in [0.05, 0.1) is 0 Å². The lowest BCUT2D eigenvalue weighted by atomic mass is 9.98. The van der Waals surface area contributed by atoms with Gasteiger partial charge in [-0.15, -0.1) is 0 Å². The number of hydrogen-bond acceptors (Lipinski definition) is 5. The lowest BCUT2D eigenvalue weighted by molar-refractivity contribution is 0.281. The molecule has 0 saturated carbocycles. The normalized spacial score (nSPS) is 16.4. The van der Waals surface area contributed by atoms with Crippen LogP contribution in [0.3, 0.4) is 0 Å². The summed E-state index contributed by atoms with van der Waals surface area (Å²) in [6.07, 6.45) is 2.11. The second-order valence-electron chi connectivity index (χ2n) is 4.67. The monoisotopic (exact) mass is 259 g/mol. The predicted octanol–water partition coefficient (Wildman–Crippen LogP) is 2.12. The van der Waals surface area contributed by atoms with Crippen LogP contribution in [0.5, 0.6) is 5.75 Å². The highest BCUT2D eigenvalue weighted by Gasteiger charge is 2.21. The number of benzene rings is 1. The maximum absolute atomic E-state index is 5.60. The zero-order chi connectivity index (χ0) is 12.9. The maximum atomic E-state index is 5.60. The van der Waals surface area contributed by atoms with Gasteiger partial charge in [-0.2, -0.15) is 4.98 Å². The van der Waals surface area contributed by atoms with Crippen LogP contribution < -0.4 is 10.1 Å². The first kappa shape index (κ1) is 12.2. The number of aromatic nitrogens is 2. The van der Waals surface area contributed by atoms with E-state index in [1.54, 1.807) is 0 Å². The SMILES string of the molecule is c1ccc(OCc2noc(C3CCNCC3)n2)cc1. The Hall–Kier alpha value is -1.88. The van der Waals surface area contributed by atoms with Crippen molar-refractivity contribution in [3.05, 3.63) is 42.0 Å². The minimum absolute atomic E-state index is 0.346. The molecule has 5 heteroatoms. The van der Waals surface area contributed by atoms with E-state index in [1.165, 1.54) is 0 Å². The number of hydrogen-bond donors (Lipinski definition) is 1. The van der Waals surface area contributed by atoms with Crippen LogP contribution in [0.4, 0.5) is 0 Å². The van der Waals surface area contributed by atoms with Gasteiger partial charge in [-0.25, -0.2) is 0 Å². The van der Waals surface area contributed by atoms with E-state index >= 15 is 0 Å². The first-order valence-electron chi connectivity index (χ1n) is 6.63. The highest BCUT2D eigenvalue weighted by molar-refractivity contribution is 5.20. The molecule has 0 radical (unpaired) electrons. The first-order chi connectivity index (χ1) is 9.42. The molecule has 0 unspecified atom stereocenters. The van der Waals surface area contributed by atoms with Gasteiger partial charge in [0, 0.05) is 5.92 Å². The van der Waals surface area contributed by atoms with Crippen LogP contribution in [0.2, 0.25) is 0 Å². The second-order valence-corrected chi connectivity index (χ2v) is 4.67. The molecule has 100 valence electrons. The Labute approximate surface area is 112 Å². The van der Waals surface area contributed by atoms with Crippen LogP contribution in [0.25, 0.3) is 0 Å². The van der Waals surface area contributed by atoms with Crippen molar-refractivity contribution in [2.24, 2.45) is 0 Å². The van der Waals surface area contributed by atoms with E-state index in [4.69, 9.17) is 9.26 Å². The maximum Gasteiger partial charge on any atom is 0.229 e. The molecule has 0 aliphatic carbocycles. The summed E-state index contributed by atoms with van der Waals surface area (Å²) in [5.74, 6) is 2.56. The zero-order valence-electron chi connectivity index (χ0n) is 10.7. The summed E-state index contributed by atoms with van der Waals surface area (Å²) in [5, 5.41) is 7.30. The number of ether oxygens (including phenoxy) is 1. The third-order valence-corrected chi connectivity index (χ3v) is 3.28. The van der Waals surface area contributed by atoms with Crippen molar-refractivity contribution in [2.45, 2.75) is 25.4 Å². The second kappa shape index (κ2) is 5.84. The average Bonchev–Trinajstić information content (AvgIpc) is 2.96. The number of piperidine rings is 1. The van der Waals surface area contributed by atoms with E-state index in [2.05, 4.69) is 15.5 Å². The molecule has 1 N–H and O–H groups in total. The molecule has 1 aromatic carbocycles. The Balaban J connectivity index is 1.58. The fraction of sp³-hybridized carbons (Fsp3) is 0.429. The van der Waals surface area contributed by atoms with Crippen molar-refractivity contribution in [1.82, 2.24) is 15.5 Å². The first-order valence-corrected chi connectivity index (χ1v) is 6.63. The lowest BCUT2D eigenvalue weighted by Gasteiger charge is -2.18. The Morgan fingerprint density at radius 2 is 2.00 bits per heavy atom. The van der Waals surface area contributed by atoms with Crippen molar-refractivity contribution in [3.63, 3.8) is 0 Å². The number of nitrogens with zero attached hydrogens (tertiary/aromatic N) is 2. The molecule has 1 aliphatic rings. The Morgan fingerprint density at radius 1 is 1.21 bits per heavy atom. The third kappa shape index (κ3) is 3.12. The molecule has 1 aliphatic heterocycles. The molecule has 1 aromatic heterocycles. The van der Waals surface area contributed by atoms with Gasteiger partial charge >= 0.3 is 0 Å². The van der Waals surface area contributed by atoms with Crippen LogP contribution in [0.15, 0.2) is 34.9 Å². The van der Waals surface area contributed by atoms with Gasteiger partial charge in [0.2, 0.25) is 11.7 Å². The van der Waals surface area contributed by atoms with Crippen molar-refractivity contribution in [2.75, 3.05) is 13.1 Å². The molecule has 1 saturated heterocycles. The minimum Gasteiger partial charge on any atom is -0.485 e. The largest absolute Gasteiger partial charge is 0.485 e.